The van der Waals surface area contributed by atoms with Crippen LogP contribution in [0.15, 0.2) is 127 Å². The van der Waals surface area contributed by atoms with Crippen molar-refractivity contribution in [1.29, 1.82) is 5.41 Å². The fourth-order valence-electron chi connectivity index (χ4n) is 6.19. The van der Waals surface area contributed by atoms with Crippen molar-refractivity contribution < 1.29 is 18.9 Å². The Morgan fingerprint density at radius 2 is 1.30 bits per heavy atom. The second-order valence-corrected chi connectivity index (χ2v) is 16.7. The third-order valence-electron chi connectivity index (χ3n) is 9.32. The molecular formula is C42H40Br2N10O4S2. The molecule has 0 bridgehead atoms. The van der Waals surface area contributed by atoms with Crippen molar-refractivity contribution in [2.24, 2.45) is 0 Å². The van der Waals surface area contributed by atoms with Gasteiger partial charge in [0.15, 0.2) is 38.4 Å². The quantitative estimate of drug-likeness (QED) is 0.0944. The number of aromatic amines is 1. The average Bonchev–Trinajstić information content (AvgIpc) is 3.86. The summed E-state index contributed by atoms with van der Waals surface area (Å²) >= 11 is 10.1. The van der Waals surface area contributed by atoms with Gasteiger partial charge in [-0.1, -0.05) is 68.3 Å². The minimum atomic E-state index is 0.166. The molecule has 60 heavy (non-hydrogen) atoms. The zero-order valence-corrected chi connectivity index (χ0v) is 37.8. The molecule has 0 radical (unpaired) electrons. The Kier molecular flexibility index (Phi) is 14.0. The summed E-state index contributed by atoms with van der Waals surface area (Å²) in [6.45, 7) is 1.38. The first-order valence-electron chi connectivity index (χ1n) is 18.4. The number of hydrogen-bond donors (Lipinski definition) is 3. The largest absolute Gasteiger partial charge is 0.497 e. The van der Waals surface area contributed by atoms with Crippen molar-refractivity contribution >= 4 is 83.5 Å². The lowest BCUT2D eigenvalue weighted by Crippen LogP contribution is -2.13. The molecule has 4 aromatic carbocycles. The SMILES string of the molecule is COc1ccc(OC)c(Sc2nc3c(N)ncnc3n2CCc2ccccc2Br)c1.COc1ccc(OC)c(Sc2nc3c([nH]2)c(=N)ncn3CCc2ccccc2Br)c1. The topological polar surface area (TPSA) is 177 Å². The molecule has 0 spiro atoms. The molecule has 0 saturated carbocycles. The number of nitrogen functional groups attached to an aromatic ring is 1. The predicted octanol–water partition coefficient (Wildman–Crippen LogP) is 8.99. The van der Waals surface area contributed by atoms with Gasteiger partial charge >= 0.3 is 0 Å². The van der Waals surface area contributed by atoms with Crippen LogP contribution in [0.3, 0.4) is 0 Å². The molecule has 4 N–H and O–H groups in total. The third-order valence-corrected chi connectivity index (χ3v) is 12.8. The first-order valence-corrected chi connectivity index (χ1v) is 21.6. The molecule has 4 heterocycles. The van der Waals surface area contributed by atoms with E-state index in [9.17, 15) is 0 Å². The van der Waals surface area contributed by atoms with E-state index in [1.54, 1.807) is 34.8 Å². The van der Waals surface area contributed by atoms with Gasteiger partial charge in [-0.05, 0) is 96.0 Å². The highest BCUT2D eigenvalue weighted by Gasteiger charge is 2.19. The number of fused-ring (bicyclic) bond motifs is 2. The van der Waals surface area contributed by atoms with Gasteiger partial charge in [0.05, 0.1) is 44.6 Å². The first kappa shape index (κ1) is 42.6. The summed E-state index contributed by atoms with van der Waals surface area (Å²) in [4.78, 5) is 27.2. The maximum absolute atomic E-state index is 8.17. The second-order valence-electron chi connectivity index (χ2n) is 12.9. The molecule has 8 aromatic rings. The lowest BCUT2D eigenvalue weighted by Gasteiger charge is -2.12. The lowest BCUT2D eigenvalue weighted by molar-refractivity contribution is 0.394. The third kappa shape index (κ3) is 9.73. The van der Waals surface area contributed by atoms with E-state index in [1.807, 2.05) is 77.4 Å². The number of aromatic nitrogens is 8. The van der Waals surface area contributed by atoms with E-state index in [-0.39, 0.29) is 5.49 Å². The van der Waals surface area contributed by atoms with Crippen molar-refractivity contribution in [2.75, 3.05) is 34.2 Å². The number of rotatable bonds is 14. The number of imidazole rings is 2. The molecule has 0 fully saturated rings. The van der Waals surface area contributed by atoms with E-state index in [0.717, 1.165) is 59.7 Å². The maximum Gasteiger partial charge on any atom is 0.175 e. The van der Waals surface area contributed by atoms with Crippen molar-refractivity contribution in [2.45, 2.75) is 46.0 Å². The number of aryl methyl sites for hydroxylation is 4. The minimum Gasteiger partial charge on any atom is -0.497 e. The summed E-state index contributed by atoms with van der Waals surface area (Å²) in [6.07, 6.45) is 4.76. The van der Waals surface area contributed by atoms with E-state index in [2.05, 4.69) is 68.5 Å². The summed E-state index contributed by atoms with van der Waals surface area (Å²) in [7, 11) is 6.54. The molecule has 0 aliphatic carbocycles. The molecule has 0 unspecified atom stereocenters. The Morgan fingerprint density at radius 3 is 1.90 bits per heavy atom. The molecule has 0 atom stereocenters. The van der Waals surface area contributed by atoms with Crippen LogP contribution in [0.5, 0.6) is 23.0 Å². The fourth-order valence-corrected chi connectivity index (χ4v) is 9.13. The maximum atomic E-state index is 8.17. The Bertz CT molecular complexity index is 2830. The number of H-pyrrole nitrogens is 1. The summed E-state index contributed by atoms with van der Waals surface area (Å²) in [5, 5.41) is 9.59. The summed E-state index contributed by atoms with van der Waals surface area (Å²) in [5.74, 6) is 3.31. The number of nitrogens with one attached hydrogen (secondary N) is 2. The Labute approximate surface area is 371 Å². The van der Waals surface area contributed by atoms with Crippen LogP contribution in [0.2, 0.25) is 0 Å². The van der Waals surface area contributed by atoms with Gasteiger partial charge in [-0.3, -0.25) is 5.41 Å². The molecule has 0 aliphatic rings. The number of methoxy groups -OCH3 is 4. The molecule has 0 amide bonds. The van der Waals surface area contributed by atoms with E-state index < -0.39 is 0 Å². The summed E-state index contributed by atoms with van der Waals surface area (Å²) < 4.78 is 27.9. The smallest absolute Gasteiger partial charge is 0.175 e. The molecule has 0 aliphatic heterocycles. The normalized spacial score (nSPS) is 11.0. The van der Waals surface area contributed by atoms with E-state index in [4.69, 9.17) is 40.1 Å². The van der Waals surface area contributed by atoms with Crippen LogP contribution >= 0.6 is 55.4 Å². The lowest BCUT2D eigenvalue weighted by atomic mass is 10.1. The zero-order valence-electron chi connectivity index (χ0n) is 33.0. The van der Waals surface area contributed by atoms with Crippen LogP contribution in [-0.4, -0.2) is 67.5 Å². The standard InChI is InChI=1S/2C21H20BrN5O2S/c1-28-14-7-8-16(29-2)17(11-14)30-21-25-18-19(23)24-12-27(20(18)26-21)10-9-13-5-3-4-6-15(13)22;1-28-14-7-8-16(29-2)17(11-14)30-21-26-18-19(23)24-12-25-20(18)27(21)10-9-13-5-3-4-6-15(13)22/h3-8,11-12,23H,9-10H2,1-2H3,(H,25,26);3-8,11-12H,9-10H2,1-2H3,(H2,23,24,25). The van der Waals surface area contributed by atoms with Gasteiger partial charge in [-0.15, -0.1) is 0 Å². The van der Waals surface area contributed by atoms with Gasteiger partial charge < -0.3 is 38.8 Å². The fraction of sp³-hybridized carbons (Fsp3) is 0.190. The van der Waals surface area contributed by atoms with Gasteiger partial charge in [0.25, 0.3) is 0 Å². The molecule has 4 aromatic heterocycles. The van der Waals surface area contributed by atoms with E-state index >= 15 is 0 Å². The van der Waals surface area contributed by atoms with Crippen molar-refractivity contribution in [3.63, 3.8) is 0 Å². The van der Waals surface area contributed by atoms with Gasteiger partial charge in [0, 0.05) is 22.0 Å². The summed E-state index contributed by atoms with van der Waals surface area (Å²) in [5.41, 5.74) is 11.3. The number of halogens is 2. The molecular weight excluding hydrogens is 932 g/mol. The zero-order chi connectivity index (χ0) is 42.2. The van der Waals surface area contributed by atoms with E-state index in [1.165, 1.54) is 41.0 Å². The van der Waals surface area contributed by atoms with Gasteiger partial charge in [0.2, 0.25) is 0 Å². The first-order chi connectivity index (χ1) is 29.2. The van der Waals surface area contributed by atoms with Crippen molar-refractivity contribution in [3.05, 3.63) is 123 Å². The Balaban J connectivity index is 0.000000181. The average molecular weight is 973 g/mol. The van der Waals surface area contributed by atoms with Crippen molar-refractivity contribution in [3.8, 4) is 23.0 Å². The summed E-state index contributed by atoms with van der Waals surface area (Å²) in [6, 6.07) is 27.6. The number of nitrogens with two attached hydrogens (primary N) is 1. The Hall–Kier alpha value is -5.56. The molecule has 8 rings (SSSR count). The molecule has 14 nitrogen and oxygen atoms in total. The number of nitrogens with zero attached hydrogens (tertiary/aromatic N) is 7. The number of hydrogen-bond acceptors (Lipinski definition) is 13. The molecule has 308 valence electrons. The monoisotopic (exact) mass is 970 g/mol. The van der Waals surface area contributed by atoms with E-state index in [0.29, 0.717) is 46.4 Å². The minimum absolute atomic E-state index is 0.166. The highest BCUT2D eigenvalue weighted by molar-refractivity contribution is 9.10. The number of benzene rings is 4. The van der Waals surface area contributed by atoms with Crippen LogP contribution < -0.4 is 30.2 Å². The highest BCUT2D eigenvalue weighted by Crippen LogP contribution is 2.39. The molecule has 18 heteroatoms. The van der Waals surface area contributed by atoms with Gasteiger partial charge in [-0.2, -0.15) is 0 Å². The highest BCUT2D eigenvalue weighted by atomic mass is 79.9. The predicted molar refractivity (Wildman–Crippen MR) is 240 cm³/mol. The van der Waals surface area contributed by atoms with Crippen LogP contribution in [0.25, 0.3) is 22.3 Å². The molecule has 0 saturated heterocycles. The van der Waals surface area contributed by atoms with Gasteiger partial charge in [0.1, 0.15) is 34.8 Å². The van der Waals surface area contributed by atoms with Crippen LogP contribution in [-0.2, 0) is 25.9 Å². The number of anilines is 1. The van der Waals surface area contributed by atoms with Crippen LogP contribution in [0.4, 0.5) is 5.82 Å². The van der Waals surface area contributed by atoms with Crippen LogP contribution in [0, 0.1) is 5.41 Å². The second kappa shape index (κ2) is 19.7. The van der Waals surface area contributed by atoms with Gasteiger partial charge in [-0.25, -0.2) is 24.9 Å². The number of ether oxygens (including phenoxy) is 4. The van der Waals surface area contributed by atoms with Crippen molar-refractivity contribution in [1.82, 2.24) is 39.0 Å². The van der Waals surface area contributed by atoms with Crippen LogP contribution in [0.1, 0.15) is 11.1 Å². The Morgan fingerprint density at radius 1 is 0.700 bits per heavy atom.